The van der Waals surface area contributed by atoms with Crippen molar-refractivity contribution in [2.75, 3.05) is 6.61 Å². The first-order chi connectivity index (χ1) is 4.21. The highest BCUT2D eigenvalue weighted by atomic mass is 35.6. The van der Waals surface area contributed by atoms with Crippen molar-refractivity contribution in [3.05, 3.63) is 0 Å². The van der Waals surface area contributed by atoms with Crippen molar-refractivity contribution >= 4 is 42.7 Å². The Morgan fingerprint density at radius 1 is 1.60 bits per heavy atom. The standard InChI is InChI=1S/C2H3Cl3FO3P/c3-2(4,5)1-9-10(6,7)8/h1H2,(H,7,8). The number of hydrogen-bond acceptors (Lipinski definition) is 2. The van der Waals surface area contributed by atoms with E-state index in [1.165, 1.54) is 0 Å². The fourth-order valence-corrected chi connectivity index (χ4v) is 0.898. The molecule has 0 saturated carbocycles. The van der Waals surface area contributed by atoms with E-state index in [1.807, 2.05) is 0 Å². The molecule has 0 radical (unpaired) electrons. The fourth-order valence-electron chi connectivity index (χ4n) is 0.153. The van der Waals surface area contributed by atoms with Crippen molar-refractivity contribution in [2.45, 2.75) is 3.79 Å². The van der Waals surface area contributed by atoms with Gasteiger partial charge in [0.2, 0.25) is 3.79 Å². The van der Waals surface area contributed by atoms with Gasteiger partial charge in [0.15, 0.2) is 0 Å². The van der Waals surface area contributed by atoms with Gasteiger partial charge in [-0.3, -0.25) is 9.42 Å². The lowest BCUT2D eigenvalue weighted by Gasteiger charge is -2.09. The number of alkyl halides is 3. The van der Waals surface area contributed by atoms with Crippen LogP contribution in [0.2, 0.25) is 0 Å². The summed E-state index contributed by atoms with van der Waals surface area (Å²) >= 11 is 15.1. The highest BCUT2D eigenvalue weighted by molar-refractivity contribution is 7.46. The van der Waals surface area contributed by atoms with Gasteiger partial charge in [0, 0.05) is 0 Å². The van der Waals surface area contributed by atoms with Crippen LogP contribution < -0.4 is 0 Å². The van der Waals surface area contributed by atoms with E-state index in [0.717, 1.165) is 0 Å². The van der Waals surface area contributed by atoms with E-state index in [4.69, 9.17) is 39.7 Å². The lowest BCUT2D eigenvalue weighted by Crippen LogP contribution is -2.10. The molecule has 0 heterocycles. The summed E-state index contributed by atoms with van der Waals surface area (Å²) in [7, 11) is -5.02. The van der Waals surface area contributed by atoms with E-state index in [2.05, 4.69) is 4.52 Å². The van der Waals surface area contributed by atoms with Gasteiger partial charge >= 0.3 is 7.91 Å². The van der Waals surface area contributed by atoms with Crippen LogP contribution in [0.4, 0.5) is 4.20 Å². The van der Waals surface area contributed by atoms with Gasteiger partial charge in [-0.25, -0.2) is 4.57 Å². The van der Waals surface area contributed by atoms with Crippen LogP contribution in [-0.4, -0.2) is 15.3 Å². The topological polar surface area (TPSA) is 46.5 Å². The molecule has 0 aromatic rings. The Labute approximate surface area is 71.7 Å². The maximum absolute atomic E-state index is 11.6. The van der Waals surface area contributed by atoms with Crippen LogP contribution in [-0.2, 0) is 9.09 Å². The van der Waals surface area contributed by atoms with E-state index in [0.29, 0.717) is 0 Å². The van der Waals surface area contributed by atoms with E-state index < -0.39 is 18.3 Å². The second-order valence-corrected chi connectivity index (χ2v) is 5.02. The van der Waals surface area contributed by atoms with Gasteiger partial charge in [0.25, 0.3) is 0 Å². The Morgan fingerprint density at radius 2 is 2.00 bits per heavy atom. The fraction of sp³-hybridized carbons (Fsp3) is 1.00. The minimum atomic E-state index is -5.02. The van der Waals surface area contributed by atoms with E-state index >= 15 is 0 Å². The zero-order chi connectivity index (χ0) is 8.41. The summed E-state index contributed by atoms with van der Waals surface area (Å²) in [5.41, 5.74) is 0. The maximum Gasteiger partial charge on any atom is 0.510 e. The molecule has 1 N–H and O–H groups in total. The lowest BCUT2D eigenvalue weighted by molar-refractivity contribution is 0.231. The molecule has 0 aliphatic carbocycles. The van der Waals surface area contributed by atoms with E-state index in [-0.39, 0.29) is 0 Å². The zero-order valence-electron chi connectivity index (χ0n) is 4.43. The average Bonchev–Trinajstić information content (AvgIpc) is 1.57. The summed E-state index contributed by atoms with van der Waals surface area (Å²) in [5, 5.41) is 0. The Morgan fingerprint density at radius 3 is 2.10 bits per heavy atom. The summed E-state index contributed by atoms with van der Waals surface area (Å²) in [6, 6.07) is 0. The van der Waals surface area contributed by atoms with Crippen molar-refractivity contribution in [2.24, 2.45) is 0 Å². The van der Waals surface area contributed by atoms with Crippen LogP contribution in [0.25, 0.3) is 0 Å². The number of rotatable bonds is 2. The van der Waals surface area contributed by atoms with E-state index in [1.54, 1.807) is 0 Å². The van der Waals surface area contributed by atoms with E-state index in [9.17, 15) is 8.76 Å². The van der Waals surface area contributed by atoms with Crippen LogP contribution in [0.5, 0.6) is 0 Å². The molecular weight excluding hydrogens is 228 g/mol. The predicted octanol–water partition coefficient (Wildman–Crippen LogP) is 2.44. The first kappa shape index (κ1) is 11.0. The smallest absolute Gasteiger partial charge is 0.299 e. The molecular formula is C2H3Cl3FO3P. The maximum atomic E-state index is 11.6. The molecule has 0 spiro atoms. The molecule has 1 atom stereocenters. The molecule has 10 heavy (non-hydrogen) atoms. The third-order valence-corrected chi connectivity index (χ3v) is 1.16. The highest BCUT2D eigenvalue weighted by Crippen LogP contribution is 2.45. The number of hydrogen-bond donors (Lipinski definition) is 1. The Hall–Kier alpha value is 0.950. The number of halogens is 4. The third kappa shape index (κ3) is 8.95. The molecule has 0 saturated heterocycles. The first-order valence-electron chi connectivity index (χ1n) is 1.94. The van der Waals surface area contributed by atoms with Gasteiger partial charge in [-0.05, 0) is 0 Å². The largest absolute Gasteiger partial charge is 0.510 e. The monoisotopic (exact) mass is 230 g/mol. The molecule has 0 rings (SSSR count). The molecule has 0 aliphatic heterocycles. The van der Waals surface area contributed by atoms with Gasteiger partial charge in [-0.2, -0.15) is 0 Å². The van der Waals surface area contributed by atoms with Crippen LogP contribution in [0.3, 0.4) is 0 Å². The molecule has 0 aliphatic rings. The van der Waals surface area contributed by atoms with Crippen LogP contribution >= 0.6 is 42.7 Å². The molecule has 3 nitrogen and oxygen atoms in total. The van der Waals surface area contributed by atoms with Gasteiger partial charge in [-0.1, -0.05) is 34.8 Å². The second kappa shape index (κ2) is 3.57. The summed E-state index contributed by atoms with van der Waals surface area (Å²) in [6.07, 6.45) is 0. The van der Waals surface area contributed by atoms with Crippen LogP contribution in [0.1, 0.15) is 0 Å². The highest BCUT2D eigenvalue weighted by Gasteiger charge is 2.26. The van der Waals surface area contributed by atoms with Crippen molar-refractivity contribution in [3.63, 3.8) is 0 Å². The van der Waals surface area contributed by atoms with Crippen molar-refractivity contribution in [1.82, 2.24) is 0 Å². The minimum absolute atomic E-state index is 0.762. The summed E-state index contributed by atoms with van der Waals surface area (Å²) in [4.78, 5) is 7.87. The minimum Gasteiger partial charge on any atom is -0.299 e. The van der Waals surface area contributed by atoms with Gasteiger partial charge < -0.3 is 0 Å². The summed E-state index contributed by atoms with van der Waals surface area (Å²) in [5.74, 6) is 0. The van der Waals surface area contributed by atoms with Crippen LogP contribution in [0.15, 0.2) is 0 Å². The molecule has 0 bridgehead atoms. The Bertz CT molecular complexity index is 150. The Balaban J connectivity index is 3.67. The molecule has 8 heteroatoms. The second-order valence-electron chi connectivity index (χ2n) is 1.34. The average molecular weight is 231 g/mol. The molecule has 0 fully saturated rings. The molecule has 0 aromatic heterocycles. The van der Waals surface area contributed by atoms with Gasteiger partial charge in [0.05, 0.1) is 0 Å². The molecule has 0 amide bonds. The molecule has 62 valence electrons. The molecule has 0 aromatic carbocycles. The van der Waals surface area contributed by atoms with Crippen LogP contribution in [0, 0.1) is 0 Å². The quantitative estimate of drug-likeness (QED) is 0.586. The van der Waals surface area contributed by atoms with Gasteiger partial charge in [-0.15, -0.1) is 4.20 Å². The normalized spacial score (nSPS) is 18.5. The molecule has 1 unspecified atom stereocenters. The first-order valence-corrected chi connectivity index (χ1v) is 4.55. The SMILES string of the molecule is O=P(O)(F)OCC(Cl)(Cl)Cl. The van der Waals surface area contributed by atoms with Gasteiger partial charge in [0.1, 0.15) is 6.61 Å². The van der Waals surface area contributed by atoms with Crippen molar-refractivity contribution in [3.8, 4) is 0 Å². The third-order valence-electron chi connectivity index (χ3n) is 0.387. The summed E-state index contributed by atoms with van der Waals surface area (Å²) in [6.45, 7) is -0.762. The predicted molar refractivity (Wildman–Crippen MR) is 37.2 cm³/mol. The Kier molecular flexibility index (Phi) is 3.90. The summed E-state index contributed by atoms with van der Waals surface area (Å²) < 4.78 is 23.2. The van der Waals surface area contributed by atoms with Crippen molar-refractivity contribution < 1.29 is 18.2 Å². The zero-order valence-corrected chi connectivity index (χ0v) is 7.59. The van der Waals surface area contributed by atoms with Crippen molar-refractivity contribution in [1.29, 1.82) is 0 Å². The lowest BCUT2D eigenvalue weighted by atomic mass is 10.9.